The molecule has 11 heteroatoms. The molecule has 0 bridgehead atoms. The lowest BCUT2D eigenvalue weighted by atomic mass is 9.80. The zero-order valence-electron chi connectivity index (χ0n) is 21.5. The number of carbonyl (C=O) groups excluding carboxylic acids is 2. The lowest BCUT2D eigenvalue weighted by Gasteiger charge is -2.40. The van der Waals surface area contributed by atoms with Crippen molar-refractivity contribution < 1.29 is 40.7 Å². The Bertz CT molecular complexity index is 1110. The van der Waals surface area contributed by atoms with Crippen molar-refractivity contribution in [3.63, 3.8) is 0 Å². The highest BCUT2D eigenvalue weighted by Crippen LogP contribution is 2.38. The summed E-state index contributed by atoms with van der Waals surface area (Å²) in [5.74, 6) is -1.53. The minimum atomic E-state index is -4.98. The maximum Gasteiger partial charge on any atom is 0.416 e. The highest BCUT2D eigenvalue weighted by atomic mass is 19.4. The zero-order valence-corrected chi connectivity index (χ0v) is 21.5. The van der Waals surface area contributed by atoms with Gasteiger partial charge in [0.25, 0.3) is 0 Å². The van der Waals surface area contributed by atoms with Crippen molar-refractivity contribution >= 4 is 12.0 Å². The average molecular weight is 545 g/mol. The molecular weight excluding hydrogens is 514 g/mol. The summed E-state index contributed by atoms with van der Waals surface area (Å²) in [6, 6.07) is 10.3. The Balaban J connectivity index is 1.86. The van der Waals surface area contributed by atoms with Gasteiger partial charge >= 0.3 is 18.4 Å². The summed E-state index contributed by atoms with van der Waals surface area (Å²) in [4.78, 5) is 28.8. The summed E-state index contributed by atoms with van der Waals surface area (Å²) in [6.07, 6.45) is -10.2. The van der Waals surface area contributed by atoms with Gasteiger partial charge in [-0.15, -0.1) is 0 Å². The number of likely N-dealkylation sites (tertiary alicyclic amines) is 1. The monoisotopic (exact) mass is 544 g/mol. The summed E-state index contributed by atoms with van der Waals surface area (Å²) in [5, 5.41) is 0. The molecule has 38 heavy (non-hydrogen) atoms. The number of hydrogen-bond acceptors (Lipinski definition) is 3. The Morgan fingerprint density at radius 3 is 2.00 bits per heavy atom. The Morgan fingerprint density at radius 1 is 0.947 bits per heavy atom. The van der Waals surface area contributed by atoms with Crippen molar-refractivity contribution in [1.29, 1.82) is 0 Å². The van der Waals surface area contributed by atoms with Crippen molar-refractivity contribution in [2.75, 3.05) is 20.1 Å². The molecule has 0 N–H and O–H groups in total. The molecule has 0 spiro atoms. The van der Waals surface area contributed by atoms with Gasteiger partial charge in [0, 0.05) is 38.5 Å². The molecule has 1 saturated heterocycles. The van der Waals surface area contributed by atoms with Gasteiger partial charge in [0.05, 0.1) is 11.1 Å². The zero-order chi connectivity index (χ0) is 28.5. The SMILES string of the molecule is CN(Cc1cc(C(F)(F)F)cc(C(F)(F)F)c1)C(=O)[C@@H]1CCN(C(=O)OC(C)(C)C)C[C@H]1c1ccccc1. The maximum absolute atomic E-state index is 13.5. The Morgan fingerprint density at radius 2 is 1.50 bits per heavy atom. The van der Waals surface area contributed by atoms with E-state index in [1.54, 1.807) is 39.0 Å². The van der Waals surface area contributed by atoms with Gasteiger partial charge in [0.2, 0.25) is 5.91 Å². The van der Waals surface area contributed by atoms with Crippen LogP contribution >= 0.6 is 0 Å². The number of carbonyl (C=O) groups is 2. The van der Waals surface area contributed by atoms with Crippen LogP contribution in [-0.2, 0) is 28.4 Å². The number of alkyl halides is 6. The molecule has 5 nitrogen and oxygen atoms in total. The van der Waals surface area contributed by atoms with Crippen molar-refractivity contribution in [3.05, 3.63) is 70.8 Å². The molecule has 1 aliphatic rings. The summed E-state index contributed by atoms with van der Waals surface area (Å²) < 4.78 is 85.1. The van der Waals surface area contributed by atoms with Crippen LogP contribution in [0, 0.1) is 5.92 Å². The Labute approximate surface area is 217 Å². The van der Waals surface area contributed by atoms with Gasteiger partial charge in [-0.25, -0.2) is 4.79 Å². The maximum atomic E-state index is 13.5. The standard InChI is InChI=1S/C27H30F6N2O3/c1-25(2,3)38-24(37)35-11-10-21(22(16-35)18-8-6-5-7-9-18)23(36)34(4)15-17-12-19(26(28,29)30)14-20(13-17)27(31,32)33/h5-9,12-14,21-22H,10-11,15-16H2,1-4H3/t21-,22+/m1/s1. The van der Waals surface area contributed by atoms with E-state index in [0.717, 1.165) is 10.5 Å². The second-order valence-electron chi connectivity index (χ2n) is 10.4. The molecule has 1 heterocycles. The fraction of sp³-hybridized carbons (Fsp3) is 0.481. The smallest absolute Gasteiger partial charge is 0.416 e. The minimum Gasteiger partial charge on any atom is -0.444 e. The number of hydrogen-bond donors (Lipinski definition) is 0. The van der Waals surface area contributed by atoms with Crippen LogP contribution in [0.4, 0.5) is 31.1 Å². The average Bonchev–Trinajstić information content (AvgIpc) is 2.81. The van der Waals surface area contributed by atoms with E-state index in [1.807, 2.05) is 12.1 Å². The van der Waals surface area contributed by atoms with Crippen LogP contribution in [0.15, 0.2) is 48.5 Å². The third-order valence-electron chi connectivity index (χ3n) is 6.25. The number of benzene rings is 2. The molecular formula is C27H30F6N2O3. The number of amides is 2. The first-order chi connectivity index (χ1) is 17.5. The van der Waals surface area contributed by atoms with E-state index < -0.39 is 59.5 Å². The second kappa shape index (κ2) is 10.9. The highest BCUT2D eigenvalue weighted by Gasteiger charge is 2.40. The molecule has 2 aromatic carbocycles. The molecule has 0 saturated carbocycles. The van der Waals surface area contributed by atoms with E-state index in [0.29, 0.717) is 12.1 Å². The summed E-state index contributed by atoms with van der Waals surface area (Å²) >= 11 is 0. The molecule has 0 radical (unpaired) electrons. The predicted molar refractivity (Wildman–Crippen MR) is 128 cm³/mol. The van der Waals surface area contributed by atoms with Crippen molar-refractivity contribution in [2.24, 2.45) is 5.92 Å². The molecule has 0 aliphatic carbocycles. The van der Waals surface area contributed by atoms with E-state index in [-0.39, 0.29) is 31.1 Å². The number of rotatable bonds is 4. The van der Waals surface area contributed by atoms with Crippen LogP contribution in [0.2, 0.25) is 0 Å². The Kier molecular flexibility index (Phi) is 8.38. The topological polar surface area (TPSA) is 49.9 Å². The number of halogens is 6. The van der Waals surface area contributed by atoms with Crippen LogP contribution in [0.1, 0.15) is 55.4 Å². The van der Waals surface area contributed by atoms with Gasteiger partial charge in [-0.05, 0) is 56.5 Å². The third-order valence-corrected chi connectivity index (χ3v) is 6.25. The molecule has 2 aromatic rings. The normalized spacial score (nSPS) is 18.7. The van der Waals surface area contributed by atoms with Crippen LogP contribution in [0.5, 0.6) is 0 Å². The lowest BCUT2D eigenvalue weighted by molar-refractivity contribution is -0.143. The van der Waals surface area contributed by atoms with Crippen molar-refractivity contribution in [1.82, 2.24) is 9.80 Å². The molecule has 0 aromatic heterocycles. The summed E-state index contributed by atoms with van der Waals surface area (Å²) in [5.41, 5.74) is -3.09. The second-order valence-corrected chi connectivity index (χ2v) is 10.4. The van der Waals surface area contributed by atoms with Crippen LogP contribution in [0.3, 0.4) is 0 Å². The number of ether oxygens (including phenoxy) is 1. The van der Waals surface area contributed by atoms with Crippen molar-refractivity contribution in [2.45, 2.75) is 57.6 Å². The lowest BCUT2D eigenvalue weighted by Crippen LogP contribution is -2.48. The highest BCUT2D eigenvalue weighted by molar-refractivity contribution is 5.80. The molecule has 2 amide bonds. The summed E-state index contributed by atoms with van der Waals surface area (Å²) in [6.45, 7) is 5.16. The number of nitrogens with zero attached hydrogens (tertiary/aromatic N) is 2. The fourth-order valence-corrected chi connectivity index (χ4v) is 4.52. The number of piperidine rings is 1. The van der Waals surface area contributed by atoms with E-state index in [1.165, 1.54) is 11.9 Å². The van der Waals surface area contributed by atoms with Crippen LogP contribution in [0.25, 0.3) is 0 Å². The van der Waals surface area contributed by atoms with E-state index in [4.69, 9.17) is 4.74 Å². The van der Waals surface area contributed by atoms with Gasteiger partial charge in [-0.1, -0.05) is 30.3 Å². The largest absolute Gasteiger partial charge is 0.444 e. The molecule has 2 atom stereocenters. The molecule has 3 rings (SSSR count). The van der Waals surface area contributed by atoms with Gasteiger partial charge < -0.3 is 14.5 Å². The van der Waals surface area contributed by atoms with Crippen LogP contribution < -0.4 is 0 Å². The van der Waals surface area contributed by atoms with Crippen LogP contribution in [-0.4, -0.2) is 47.5 Å². The fourth-order valence-electron chi connectivity index (χ4n) is 4.52. The summed E-state index contributed by atoms with van der Waals surface area (Å²) in [7, 11) is 1.35. The first kappa shape index (κ1) is 29.3. The minimum absolute atomic E-state index is 0.0587. The van der Waals surface area contributed by atoms with Gasteiger partial charge in [-0.3, -0.25) is 4.79 Å². The van der Waals surface area contributed by atoms with Gasteiger partial charge in [-0.2, -0.15) is 26.3 Å². The quantitative estimate of drug-likeness (QED) is 0.402. The first-order valence-electron chi connectivity index (χ1n) is 12.0. The predicted octanol–water partition coefficient (Wildman–Crippen LogP) is 6.72. The molecule has 0 unspecified atom stereocenters. The van der Waals surface area contributed by atoms with E-state index in [2.05, 4.69) is 0 Å². The van der Waals surface area contributed by atoms with E-state index >= 15 is 0 Å². The first-order valence-corrected chi connectivity index (χ1v) is 12.0. The van der Waals surface area contributed by atoms with Crippen molar-refractivity contribution in [3.8, 4) is 0 Å². The third kappa shape index (κ3) is 7.41. The Hall–Kier alpha value is -3.24. The molecule has 208 valence electrons. The van der Waals surface area contributed by atoms with Gasteiger partial charge in [0.15, 0.2) is 0 Å². The van der Waals surface area contributed by atoms with Gasteiger partial charge in [0.1, 0.15) is 5.60 Å². The molecule has 1 fully saturated rings. The van der Waals surface area contributed by atoms with E-state index in [9.17, 15) is 35.9 Å². The molecule has 1 aliphatic heterocycles.